The first-order chi connectivity index (χ1) is 15.9. The Morgan fingerprint density at radius 3 is 2.67 bits per heavy atom. The Hall–Kier alpha value is -4.00. The number of carboxylic acid groups (broad SMARTS) is 1. The van der Waals surface area contributed by atoms with Crippen LogP contribution in [0.3, 0.4) is 0 Å². The van der Waals surface area contributed by atoms with Gasteiger partial charge in [0.1, 0.15) is 29.0 Å². The predicted octanol–water partition coefficient (Wildman–Crippen LogP) is 2.32. The van der Waals surface area contributed by atoms with Crippen LogP contribution in [0.1, 0.15) is 26.7 Å². The van der Waals surface area contributed by atoms with Gasteiger partial charge in [0.15, 0.2) is 5.82 Å². The van der Waals surface area contributed by atoms with Crippen LogP contribution < -0.4 is 10.2 Å². The summed E-state index contributed by atoms with van der Waals surface area (Å²) in [4.78, 5) is 41.0. The number of carbonyl (C=O) groups excluding carboxylic acids is 1. The number of rotatable bonds is 7. The van der Waals surface area contributed by atoms with Gasteiger partial charge in [-0.25, -0.2) is 9.97 Å². The molecular weight excluding hydrogens is 422 g/mol. The lowest BCUT2D eigenvalue weighted by Crippen LogP contribution is -2.36. The second-order valence-corrected chi connectivity index (χ2v) is 7.84. The van der Waals surface area contributed by atoms with Crippen LogP contribution in [0.4, 0.5) is 11.6 Å². The Bertz CT molecular complexity index is 1080. The zero-order valence-corrected chi connectivity index (χ0v) is 18.8. The quantitative estimate of drug-likeness (QED) is 0.482. The molecule has 0 atom stereocenters. The molecular formula is C23H27N7O3. The summed E-state index contributed by atoms with van der Waals surface area (Å²) in [6.45, 7) is 5.99. The first-order valence-corrected chi connectivity index (χ1v) is 10.8. The molecule has 1 saturated heterocycles. The summed E-state index contributed by atoms with van der Waals surface area (Å²) in [6.07, 6.45) is 2.34. The lowest BCUT2D eigenvalue weighted by Gasteiger charge is -2.23. The number of aromatic nitrogens is 3. The fraction of sp³-hybridized carbons (Fsp3) is 0.391. The Labute approximate surface area is 192 Å². The first kappa shape index (κ1) is 23.7. The number of pyridine rings is 1. The number of hydrogen-bond donors (Lipinski definition) is 2. The monoisotopic (exact) mass is 449 g/mol. The number of aliphatic carboxylic acids is 1. The third kappa shape index (κ3) is 6.26. The highest BCUT2D eigenvalue weighted by Crippen LogP contribution is 2.23. The van der Waals surface area contributed by atoms with E-state index in [9.17, 15) is 14.9 Å². The molecule has 1 aliphatic heterocycles. The SMILES string of the molecule is CC(C)=C(C#N)C(=O)N1CCCN(c2cc(NCCC(=O)O)nc(-c3ccccn3)n2)CC1. The molecule has 10 nitrogen and oxygen atoms in total. The summed E-state index contributed by atoms with van der Waals surface area (Å²) < 4.78 is 0. The molecule has 3 rings (SSSR count). The normalized spacial score (nSPS) is 13.6. The minimum absolute atomic E-state index is 0.0371. The Balaban J connectivity index is 1.83. The average Bonchev–Trinajstić information content (AvgIpc) is 3.06. The number of amides is 1. The Morgan fingerprint density at radius 1 is 1.18 bits per heavy atom. The molecule has 0 aliphatic carbocycles. The van der Waals surface area contributed by atoms with E-state index < -0.39 is 5.97 Å². The zero-order chi connectivity index (χ0) is 23.8. The van der Waals surface area contributed by atoms with Crippen LogP contribution in [0, 0.1) is 11.3 Å². The molecule has 0 spiro atoms. The van der Waals surface area contributed by atoms with Gasteiger partial charge in [-0.05, 0) is 32.4 Å². The van der Waals surface area contributed by atoms with Crippen molar-refractivity contribution in [3.63, 3.8) is 0 Å². The molecule has 2 aromatic heterocycles. The number of carboxylic acids is 1. The van der Waals surface area contributed by atoms with E-state index in [1.807, 2.05) is 24.3 Å². The zero-order valence-electron chi connectivity index (χ0n) is 18.8. The molecule has 0 unspecified atom stereocenters. The third-order valence-corrected chi connectivity index (χ3v) is 5.18. The number of nitrogens with one attached hydrogen (secondary N) is 1. The largest absolute Gasteiger partial charge is 0.481 e. The summed E-state index contributed by atoms with van der Waals surface area (Å²) in [5.41, 5.74) is 1.50. The maximum atomic E-state index is 12.8. The van der Waals surface area contributed by atoms with Gasteiger partial charge in [-0.3, -0.25) is 14.6 Å². The summed E-state index contributed by atoms with van der Waals surface area (Å²) in [5, 5.41) is 21.3. The molecule has 2 N–H and O–H groups in total. The van der Waals surface area contributed by atoms with Crippen molar-refractivity contribution < 1.29 is 14.7 Å². The van der Waals surface area contributed by atoms with E-state index in [1.54, 1.807) is 31.0 Å². The van der Waals surface area contributed by atoms with E-state index in [0.29, 0.717) is 54.9 Å². The van der Waals surface area contributed by atoms with Gasteiger partial charge < -0.3 is 20.2 Å². The summed E-state index contributed by atoms with van der Waals surface area (Å²) in [7, 11) is 0. The van der Waals surface area contributed by atoms with Crippen molar-refractivity contribution in [3.05, 3.63) is 41.6 Å². The van der Waals surface area contributed by atoms with Gasteiger partial charge in [0.2, 0.25) is 0 Å². The molecule has 1 aliphatic rings. The molecule has 10 heteroatoms. The van der Waals surface area contributed by atoms with Crippen molar-refractivity contribution in [1.29, 1.82) is 5.26 Å². The predicted molar refractivity (Wildman–Crippen MR) is 123 cm³/mol. The topological polar surface area (TPSA) is 135 Å². The molecule has 33 heavy (non-hydrogen) atoms. The van der Waals surface area contributed by atoms with Crippen molar-refractivity contribution in [2.45, 2.75) is 26.7 Å². The van der Waals surface area contributed by atoms with Crippen molar-refractivity contribution in [1.82, 2.24) is 19.9 Å². The molecule has 0 bridgehead atoms. The first-order valence-electron chi connectivity index (χ1n) is 10.8. The van der Waals surface area contributed by atoms with Crippen molar-refractivity contribution >= 4 is 23.5 Å². The molecule has 0 saturated carbocycles. The van der Waals surface area contributed by atoms with Crippen molar-refractivity contribution in [2.75, 3.05) is 42.9 Å². The van der Waals surface area contributed by atoms with E-state index in [-0.39, 0.29) is 24.4 Å². The molecule has 0 radical (unpaired) electrons. The van der Waals surface area contributed by atoms with Crippen molar-refractivity contribution in [3.8, 4) is 17.6 Å². The van der Waals surface area contributed by atoms with Crippen LogP contribution in [0.2, 0.25) is 0 Å². The lowest BCUT2D eigenvalue weighted by molar-refractivity contribution is -0.136. The maximum Gasteiger partial charge on any atom is 0.305 e. The van der Waals surface area contributed by atoms with Crippen molar-refractivity contribution in [2.24, 2.45) is 0 Å². The van der Waals surface area contributed by atoms with Gasteiger partial charge >= 0.3 is 5.97 Å². The Kier molecular flexibility index (Phi) is 7.91. The molecule has 1 fully saturated rings. The molecule has 3 heterocycles. The van der Waals surface area contributed by atoms with Gasteiger partial charge in [-0.2, -0.15) is 5.26 Å². The average molecular weight is 450 g/mol. The number of allylic oxidation sites excluding steroid dienone is 1. The smallest absolute Gasteiger partial charge is 0.305 e. The second kappa shape index (κ2) is 11.0. The summed E-state index contributed by atoms with van der Waals surface area (Å²) in [5.74, 6) is 0.467. The number of nitriles is 1. The number of hydrogen-bond acceptors (Lipinski definition) is 8. The van der Waals surface area contributed by atoms with Crippen LogP contribution in [0.15, 0.2) is 41.6 Å². The van der Waals surface area contributed by atoms with Crippen LogP contribution in [0.25, 0.3) is 11.5 Å². The van der Waals surface area contributed by atoms with E-state index in [2.05, 4.69) is 20.2 Å². The molecule has 1 amide bonds. The van der Waals surface area contributed by atoms with Gasteiger partial charge in [0.25, 0.3) is 5.91 Å². The summed E-state index contributed by atoms with van der Waals surface area (Å²) >= 11 is 0. The van der Waals surface area contributed by atoms with E-state index in [1.165, 1.54) is 0 Å². The van der Waals surface area contributed by atoms with Crippen LogP contribution in [0.5, 0.6) is 0 Å². The molecule has 2 aromatic rings. The Morgan fingerprint density at radius 2 is 2.00 bits per heavy atom. The van der Waals surface area contributed by atoms with E-state index >= 15 is 0 Å². The highest BCUT2D eigenvalue weighted by Gasteiger charge is 2.24. The van der Waals surface area contributed by atoms with E-state index in [4.69, 9.17) is 10.1 Å². The maximum absolute atomic E-state index is 12.8. The fourth-order valence-corrected chi connectivity index (χ4v) is 3.48. The van der Waals surface area contributed by atoms with Crippen LogP contribution in [-0.4, -0.2) is 69.6 Å². The summed E-state index contributed by atoms with van der Waals surface area (Å²) in [6, 6.07) is 9.27. The molecule has 0 aromatic carbocycles. The number of anilines is 2. The fourth-order valence-electron chi connectivity index (χ4n) is 3.48. The van der Waals surface area contributed by atoms with E-state index in [0.717, 1.165) is 6.42 Å². The minimum Gasteiger partial charge on any atom is -0.481 e. The highest BCUT2D eigenvalue weighted by atomic mass is 16.4. The number of carbonyl (C=O) groups is 2. The standard InChI is InChI=1S/C23H27N7O3/c1-16(2)17(15-24)23(33)30-11-5-10-29(12-13-30)20-14-19(26-9-7-21(31)32)27-22(28-20)18-6-3-4-8-25-18/h3-4,6,8,14H,5,7,9-13H2,1-2H3,(H,31,32)(H,26,27,28). The van der Waals surface area contributed by atoms with Crippen LogP contribution >= 0.6 is 0 Å². The third-order valence-electron chi connectivity index (χ3n) is 5.18. The minimum atomic E-state index is -0.896. The highest BCUT2D eigenvalue weighted by molar-refractivity contribution is 5.98. The lowest BCUT2D eigenvalue weighted by atomic mass is 10.1. The van der Waals surface area contributed by atoms with Gasteiger partial charge in [0.05, 0.1) is 6.42 Å². The van der Waals surface area contributed by atoms with Gasteiger partial charge in [-0.1, -0.05) is 11.6 Å². The van der Waals surface area contributed by atoms with Gasteiger partial charge in [-0.15, -0.1) is 0 Å². The molecule has 172 valence electrons. The van der Waals surface area contributed by atoms with Crippen LogP contribution in [-0.2, 0) is 9.59 Å². The van der Waals surface area contributed by atoms with Gasteiger partial charge in [0, 0.05) is 45.0 Å². The second-order valence-electron chi connectivity index (χ2n) is 7.84. The number of nitrogens with zero attached hydrogens (tertiary/aromatic N) is 6.